The molecule has 0 aromatic heterocycles. The van der Waals surface area contributed by atoms with E-state index in [4.69, 9.17) is 15.2 Å². The van der Waals surface area contributed by atoms with Gasteiger partial charge in [0.15, 0.2) is 12.2 Å². The number of carbonyl (C=O) groups excluding carboxylic acids is 3. The number of esters is 1. The first-order valence-electron chi connectivity index (χ1n) is 5.92. The number of para-hydroxylation sites is 1. The van der Waals surface area contributed by atoms with Crippen LogP contribution in [0.5, 0.6) is 5.75 Å². The van der Waals surface area contributed by atoms with E-state index in [1.165, 1.54) is 13.8 Å². The molecule has 0 aliphatic heterocycles. The second-order valence-electron chi connectivity index (χ2n) is 4.01. The molecule has 0 saturated heterocycles. The summed E-state index contributed by atoms with van der Waals surface area (Å²) in [6, 6.07) is 7.70. The smallest absolute Gasteiger partial charge is 0.347 e. The van der Waals surface area contributed by atoms with Gasteiger partial charge in [-0.25, -0.2) is 9.59 Å². The average molecular weight is 280 g/mol. The molecule has 7 heteroatoms. The van der Waals surface area contributed by atoms with Gasteiger partial charge in [0.25, 0.3) is 5.91 Å². The van der Waals surface area contributed by atoms with Crippen molar-refractivity contribution in [1.82, 2.24) is 5.32 Å². The summed E-state index contributed by atoms with van der Waals surface area (Å²) in [7, 11) is 0. The molecule has 2 atom stereocenters. The molecule has 1 aromatic carbocycles. The van der Waals surface area contributed by atoms with E-state index in [0.29, 0.717) is 5.75 Å². The summed E-state index contributed by atoms with van der Waals surface area (Å²) in [6.45, 7) is 2.82. The van der Waals surface area contributed by atoms with Crippen molar-refractivity contribution in [1.29, 1.82) is 0 Å². The molecule has 7 nitrogen and oxygen atoms in total. The molecule has 0 spiro atoms. The Hall–Kier alpha value is -2.57. The Balaban J connectivity index is 2.49. The summed E-state index contributed by atoms with van der Waals surface area (Å²) in [5.41, 5.74) is 4.79. The first-order valence-corrected chi connectivity index (χ1v) is 5.92. The molecule has 0 aliphatic rings. The van der Waals surface area contributed by atoms with Crippen LogP contribution in [0.4, 0.5) is 4.79 Å². The summed E-state index contributed by atoms with van der Waals surface area (Å²) in [5, 5.41) is 1.82. The van der Waals surface area contributed by atoms with Crippen molar-refractivity contribution in [2.24, 2.45) is 5.73 Å². The van der Waals surface area contributed by atoms with Crippen LogP contribution in [0.1, 0.15) is 13.8 Å². The molecule has 1 aromatic rings. The maximum absolute atomic E-state index is 11.7. The third-order valence-corrected chi connectivity index (χ3v) is 2.30. The van der Waals surface area contributed by atoms with Crippen molar-refractivity contribution in [2.45, 2.75) is 26.1 Å². The van der Waals surface area contributed by atoms with Crippen LogP contribution in [0.25, 0.3) is 0 Å². The van der Waals surface area contributed by atoms with Crippen LogP contribution in [0.15, 0.2) is 30.3 Å². The van der Waals surface area contributed by atoms with E-state index < -0.39 is 30.1 Å². The Bertz CT molecular complexity index is 489. The van der Waals surface area contributed by atoms with Gasteiger partial charge in [0.05, 0.1) is 0 Å². The number of urea groups is 1. The molecule has 0 fully saturated rings. The summed E-state index contributed by atoms with van der Waals surface area (Å²) in [4.78, 5) is 33.5. The molecule has 0 heterocycles. The first-order chi connectivity index (χ1) is 9.40. The zero-order valence-corrected chi connectivity index (χ0v) is 11.2. The molecule has 0 radical (unpaired) electrons. The van der Waals surface area contributed by atoms with E-state index in [1.54, 1.807) is 24.3 Å². The molecule has 0 saturated carbocycles. The highest BCUT2D eigenvalue weighted by molar-refractivity contribution is 5.96. The fourth-order valence-electron chi connectivity index (χ4n) is 1.30. The molecule has 0 aliphatic carbocycles. The molecule has 20 heavy (non-hydrogen) atoms. The van der Waals surface area contributed by atoms with E-state index in [2.05, 4.69) is 0 Å². The zero-order valence-electron chi connectivity index (χ0n) is 11.2. The lowest BCUT2D eigenvalue weighted by atomic mass is 10.3. The van der Waals surface area contributed by atoms with E-state index >= 15 is 0 Å². The van der Waals surface area contributed by atoms with E-state index in [-0.39, 0.29) is 0 Å². The topological polar surface area (TPSA) is 108 Å². The Kier molecular flexibility index (Phi) is 5.52. The predicted octanol–water partition coefficient (Wildman–Crippen LogP) is 0.581. The van der Waals surface area contributed by atoms with Crippen molar-refractivity contribution in [3.05, 3.63) is 30.3 Å². The minimum absolute atomic E-state index is 0.506. The Morgan fingerprint density at radius 3 is 2.25 bits per heavy atom. The van der Waals surface area contributed by atoms with Crippen LogP contribution in [-0.4, -0.2) is 30.1 Å². The molecule has 0 bridgehead atoms. The molecule has 3 amide bonds. The maximum Gasteiger partial charge on any atom is 0.347 e. The monoisotopic (exact) mass is 280 g/mol. The van der Waals surface area contributed by atoms with Gasteiger partial charge in [0, 0.05) is 0 Å². The van der Waals surface area contributed by atoms with Gasteiger partial charge in [0.2, 0.25) is 0 Å². The Morgan fingerprint density at radius 2 is 1.70 bits per heavy atom. The van der Waals surface area contributed by atoms with Crippen molar-refractivity contribution in [3.8, 4) is 5.75 Å². The molecular formula is C13H16N2O5. The molecule has 3 N–H and O–H groups in total. The second kappa shape index (κ2) is 7.13. The normalized spacial score (nSPS) is 12.9. The summed E-state index contributed by atoms with van der Waals surface area (Å²) in [6.07, 6.45) is -2.03. The number of carbonyl (C=O) groups is 3. The van der Waals surface area contributed by atoms with E-state index in [9.17, 15) is 14.4 Å². The quantitative estimate of drug-likeness (QED) is 0.767. The summed E-state index contributed by atoms with van der Waals surface area (Å²) < 4.78 is 10.2. The number of hydrogen-bond acceptors (Lipinski definition) is 5. The van der Waals surface area contributed by atoms with Crippen LogP contribution >= 0.6 is 0 Å². The predicted molar refractivity (Wildman–Crippen MR) is 69.8 cm³/mol. The van der Waals surface area contributed by atoms with Crippen molar-refractivity contribution >= 4 is 17.9 Å². The first kappa shape index (κ1) is 15.5. The highest BCUT2D eigenvalue weighted by atomic mass is 16.6. The van der Waals surface area contributed by atoms with Gasteiger partial charge in [-0.3, -0.25) is 10.1 Å². The summed E-state index contributed by atoms with van der Waals surface area (Å²) >= 11 is 0. The van der Waals surface area contributed by atoms with Crippen LogP contribution in [-0.2, 0) is 14.3 Å². The fraction of sp³-hybridized carbons (Fsp3) is 0.308. The number of primary amides is 1. The number of benzene rings is 1. The highest BCUT2D eigenvalue weighted by Gasteiger charge is 2.23. The highest BCUT2D eigenvalue weighted by Crippen LogP contribution is 2.11. The third-order valence-electron chi connectivity index (χ3n) is 2.30. The third kappa shape index (κ3) is 4.97. The SMILES string of the molecule is C[C@H](OC(=O)[C@@H](C)Oc1ccccc1)C(=O)NC(N)=O. The van der Waals surface area contributed by atoms with E-state index in [1.807, 2.05) is 11.4 Å². The van der Waals surface area contributed by atoms with Crippen LogP contribution in [0, 0.1) is 0 Å². The van der Waals surface area contributed by atoms with Gasteiger partial charge < -0.3 is 15.2 Å². The Morgan fingerprint density at radius 1 is 1.10 bits per heavy atom. The minimum Gasteiger partial charge on any atom is -0.479 e. The van der Waals surface area contributed by atoms with E-state index in [0.717, 1.165) is 0 Å². The number of rotatable bonds is 5. The number of ether oxygens (including phenoxy) is 2. The van der Waals surface area contributed by atoms with Crippen LogP contribution in [0.3, 0.4) is 0 Å². The lowest BCUT2D eigenvalue weighted by molar-refractivity contribution is -0.160. The molecular weight excluding hydrogens is 264 g/mol. The largest absolute Gasteiger partial charge is 0.479 e. The van der Waals surface area contributed by atoms with Crippen LogP contribution in [0.2, 0.25) is 0 Å². The van der Waals surface area contributed by atoms with Gasteiger partial charge >= 0.3 is 12.0 Å². The number of hydrogen-bond donors (Lipinski definition) is 2. The number of imide groups is 1. The lowest BCUT2D eigenvalue weighted by Crippen LogP contribution is -2.43. The number of nitrogens with two attached hydrogens (primary N) is 1. The lowest BCUT2D eigenvalue weighted by Gasteiger charge is -2.17. The van der Waals surface area contributed by atoms with Crippen molar-refractivity contribution in [3.63, 3.8) is 0 Å². The standard InChI is InChI=1S/C13H16N2O5/c1-8(11(16)15-13(14)18)20-12(17)9(2)19-10-6-4-3-5-7-10/h3-9H,1-2H3,(H3,14,15,16,18)/t8-,9+/m0/s1. The maximum atomic E-state index is 11.7. The zero-order chi connectivity index (χ0) is 15.1. The minimum atomic E-state index is -1.14. The fourth-order valence-corrected chi connectivity index (χ4v) is 1.30. The summed E-state index contributed by atoms with van der Waals surface area (Å²) in [5.74, 6) is -1.01. The van der Waals surface area contributed by atoms with Gasteiger partial charge in [-0.2, -0.15) is 0 Å². The van der Waals surface area contributed by atoms with Gasteiger partial charge in [-0.15, -0.1) is 0 Å². The number of amides is 3. The molecule has 108 valence electrons. The van der Waals surface area contributed by atoms with Gasteiger partial charge in [-0.1, -0.05) is 18.2 Å². The van der Waals surface area contributed by atoms with Gasteiger partial charge in [0.1, 0.15) is 5.75 Å². The molecule has 0 unspecified atom stereocenters. The molecule has 1 rings (SSSR count). The van der Waals surface area contributed by atoms with Gasteiger partial charge in [-0.05, 0) is 26.0 Å². The average Bonchev–Trinajstić information content (AvgIpc) is 2.38. The van der Waals surface area contributed by atoms with Crippen LogP contribution < -0.4 is 15.8 Å². The Labute approximate surface area is 116 Å². The second-order valence-corrected chi connectivity index (χ2v) is 4.01. The van der Waals surface area contributed by atoms with Crippen molar-refractivity contribution < 1.29 is 23.9 Å². The van der Waals surface area contributed by atoms with Crippen molar-refractivity contribution in [2.75, 3.05) is 0 Å². The number of nitrogens with one attached hydrogen (secondary N) is 1.